The monoisotopic (exact) mass is 631 g/mol. The fourth-order valence-corrected chi connectivity index (χ4v) is 7.00. The zero-order valence-corrected chi connectivity index (χ0v) is 26.3. The van der Waals surface area contributed by atoms with E-state index in [0.29, 0.717) is 48.1 Å². The normalized spacial score (nSPS) is 15.7. The lowest BCUT2D eigenvalue weighted by molar-refractivity contribution is 0.0794. The number of likely N-dealkylation sites (N-methyl/N-ethyl adjacent to an activating group) is 1. The molecule has 3 aromatic carbocycles. The molecule has 5 heterocycles. The number of rotatable bonds is 8. The number of anilines is 1. The summed E-state index contributed by atoms with van der Waals surface area (Å²) in [6.45, 7) is 1.95. The van der Waals surface area contributed by atoms with Gasteiger partial charge in [0.1, 0.15) is 27.9 Å². The van der Waals surface area contributed by atoms with Crippen LogP contribution in [0.5, 0.6) is 11.5 Å². The van der Waals surface area contributed by atoms with Crippen LogP contribution in [0.25, 0.3) is 38.5 Å². The highest BCUT2D eigenvalue weighted by Gasteiger charge is 2.30. The van der Waals surface area contributed by atoms with Gasteiger partial charge in [0.2, 0.25) is 5.43 Å². The average molecular weight is 632 g/mol. The molecule has 1 saturated heterocycles. The van der Waals surface area contributed by atoms with E-state index in [1.165, 1.54) is 11.0 Å². The second-order valence-corrected chi connectivity index (χ2v) is 12.5. The van der Waals surface area contributed by atoms with E-state index in [4.69, 9.17) is 9.15 Å². The van der Waals surface area contributed by atoms with Gasteiger partial charge in [-0.2, -0.15) is 0 Å². The molecule has 0 aliphatic carbocycles. The first kappa shape index (κ1) is 29.2. The molecule has 10 heteroatoms. The van der Waals surface area contributed by atoms with Crippen molar-refractivity contribution in [2.45, 2.75) is 31.7 Å². The van der Waals surface area contributed by atoms with Gasteiger partial charge >= 0.3 is 0 Å². The summed E-state index contributed by atoms with van der Waals surface area (Å²) < 4.78 is 30.5. The number of fused-ring (bicyclic) bond motifs is 5. The van der Waals surface area contributed by atoms with E-state index < -0.39 is 17.2 Å². The molecule has 2 aliphatic rings. The van der Waals surface area contributed by atoms with Crippen LogP contribution in [-0.4, -0.2) is 65.0 Å². The Morgan fingerprint density at radius 3 is 2.74 bits per heavy atom. The maximum absolute atomic E-state index is 16.0. The van der Waals surface area contributed by atoms with Crippen molar-refractivity contribution in [3.05, 3.63) is 100 Å². The van der Waals surface area contributed by atoms with Crippen molar-refractivity contribution in [1.82, 2.24) is 19.4 Å². The molecular weight excluding hydrogens is 597 g/mol. The predicted molar refractivity (Wildman–Crippen MR) is 181 cm³/mol. The molecule has 47 heavy (non-hydrogen) atoms. The van der Waals surface area contributed by atoms with Gasteiger partial charge in [0.15, 0.2) is 17.3 Å². The molecule has 1 unspecified atom stereocenters. The minimum absolute atomic E-state index is 0.0612. The maximum atomic E-state index is 16.0. The van der Waals surface area contributed by atoms with Gasteiger partial charge < -0.3 is 28.8 Å². The number of nitrogens with zero attached hydrogens (tertiary/aromatic N) is 4. The fourth-order valence-electron chi connectivity index (χ4n) is 7.00. The van der Waals surface area contributed by atoms with Crippen LogP contribution in [0.4, 0.5) is 10.1 Å². The molecule has 6 aromatic rings. The lowest BCUT2D eigenvalue weighted by Gasteiger charge is -2.27. The second-order valence-electron chi connectivity index (χ2n) is 12.5. The number of halogens is 1. The number of benzene rings is 3. The predicted octanol–water partition coefficient (Wildman–Crippen LogP) is 6.74. The number of aromatic nitrogens is 2. The summed E-state index contributed by atoms with van der Waals surface area (Å²) in [5.74, 6) is -0.381. The van der Waals surface area contributed by atoms with Gasteiger partial charge in [-0.25, -0.2) is 4.39 Å². The Bertz CT molecular complexity index is 2250. The van der Waals surface area contributed by atoms with E-state index in [9.17, 15) is 9.59 Å². The number of likely N-dealkylation sites (tertiary alicyclic amines) is 1. The first-order valence-corrected chi connectivity index (χ1v) is 16.0. The standard InChI is InChI=1S/C37H34FN5O4/c1-41-16-7-9-23(41)12-15-40-33-28(38)18-26-34-36(33)47-32-19-25-24-10-3-4-11-30(24)46-31(25)20-29(32)43(34)21-27(35(26)44)37(45)42(2)17-13-22-8-5-6-14-39-22/h3-6,8,10-11,14,18-21,23,40H,7,9,12-13,15-17H2,1-2H3. The number of pyridine rings is 2. The van der Waals surface area contributed by atoms with E-state index in [-0.39, 0.29) is 22.4 Å². The summed E-state index contributed by atoms with van der Waals surface area (Å²) >= 11 is 0. The van der Waals surface area contributed by atoms with Crippen molar-refractivity contribution in [2.75, 3.05) is 39.0 Å². The molecule has 1 amide bonds. The quantitative estimate of drug-likeness (QED) is 0.199. The van der Waals surface area contributed by atoms with Crippen molar-refractivity contribution in [1.29, 1.82) is 0 Å². The number of furan rings is 1. The minimum atomic E-state index is -0.609. The highest BCUT2D eigenvalue weighted by Crippen LogP contribution is 2.47. The first-order valence-electron chi connectivity index (χ1n) is 16.0. The number of amides is 1. The molecule has 8 rings (SSSR count). The number of carbonyl (C=O) groups is 1. The molecule has 0 saturated carbocycles. The highest BCUT2D eigenvalue weighted by atomic mass is 19.1. The van der Waals surface area contributed by atoms with Crippen LogP contribution in [0.15, 0.2) is 82.3 Å². The summed E-state index contributed by atoms with van der Waals surface area (Å²) in [7, 11) is 3.77. The molecule has 3 aromatic heterocycles. The van der Waals surface area contributed by atoms with Gasteiger partial charge in [0, 0.05) is 67.5 Å². The van der Waals surface area contributed by atoms with E-state index >= 15 is 4.39 Å². The van der Waals surface area contributed by atoms with Crippen LogP contribution in [-0.2, 0) is 6.42 Å². The molecule has 1 atom stereocenters. The van der Waals surface area contributed by atoms with Gasteiger partial charge in [-0.05, 0) is 63.2 Å². The van der Waals surface area contributed by atoms with Gasteiger partial charge in [-0.3, -0.25) is 14.6 Å². The van der Waals surface area contributed by atoms with Crippen LogP contribution in [0.1, 0.15) is 35.3 Å². The summed E-state index contributed by atoms with van der Waals surface area (Å²) in [5, 5.41) is 5.13. The number of carbonyl (C=O) groups excluding carboxylic acids is 1. The molecule has 1 N–H and O–H groups in total. The molecule has 0 bridgehead atoms. The van der Waals surface area contributed by atoms with E-state index in [1.54, 1.807) is 24.0 Å². The van der Waals surface area contributed by atoms with Gasteiger partial charge in [-0.15, -0.1) is 0 Å². The number of hydrogen-bond donors (Lipinski definition) is 1. The van der Waals surface area contributed by atoms with Crippen molar-refractivity contribution < 1.29 is 18.3 Å². The summed E-state index contributed by atoms with van der Waals surface area (Å²) in [4.78, 5) is 36.0. The Morgan fingerprint density at radius 1 is 1.09 bits per heavy atom. The zero-order valence-electron chi connectivity index (χ0n) is 26.3. The van der Waals surface area contributed by atoms with E-state index in [2.05, 4.69) is 22.2 Å². The van der Waals surface area contributed by atoms with Crippen LogP contribution < -0.4 is 15.5 Å². The number of para-hydroxylation sites is 1. The maximum Gasteiger partial charge on any atom is 0.259 e. The summed E-state index contributed by atoms with van der Waals surface area (Å²) in [6, 6.07) is 18.7. The Labute approximate surface area is 270 Å². The van der Waals surface area contributed by atoms with Crippen molar-refractivity contribution in [2.24, 2.45) is 0 Å². The third-order valence-electron chi connectivity index (χ3n) is 9.58. The molecule has 9 nitrogen and oxygen atoms in total. The van der Waals surface area contributed by atoms with E-state index in [1.807, 2.05) is 54.6 Å². The first-order chi connectivity index (χ1) is 22.9. The Balaban J connectivity index is 1.25. The third kappa shape index (κ3) is 5.00. The Morgan fingerprint density at radius 2 is 1.94 bits per heavy atom. The Hall–Kier alpha value is -5.22. The third-order valence-corrected chi connectivity index (χ3v) is 9.58. The topological polar surface area (TPSA) is 92.8 Å². The largest absolute Gasteiger partial charge is 0.456 e. The van der Waals surface area contributed by atoms with Crippen molar-refractivity contribution in [3.63, 3.8) is 0 Å². The summed E-state index contributed by atoms with van der Waals surface area (Å²) in [6.07, 6.45) is 6.89. The van der Waals surface area contributed by atoms with Crippen LogP contribution >= 0.6 is 0 Å². The van der Waals surface area contributed by atoms with Crippen LogP contribution in [0.2, 0.25) is 0 Å². The Kier molecular flexibility index (Phi) is 7.17. The summed E-state index contributed by atoms with van der Waals surface area (Å²) in [5.41, 5.74) is 2.76. The average Bonchev–Trinajstić information content (AvgIpc) is 3.67. The minimum Gasteiger partial charge on any atom is -0.456 e. The van der Waals surface area contributed by atoms with Gasteiger partial charge in [0.25, 0.3) is 5.91 Å². The number of nitrogens with one attached hydrogen (secondary N) is 1. The molecule has 238 valence electrons. The van der Waals surface area contributed by atoms with Crippen molar-refractivity contribution in [3.8, 4) is 17.2 Å². The lowest BCUT2D eigenvalue weighted by atomic mass is 10.0. The fraction of sp³-hybridized carbons (Fsp3) is 0.270. The van der Waals surface area contributed by atoms with Gasteiger partial charge in [0.05, 0.1) is 11.1 Å². The second kappa shape index (κ2) is 11.5. The smallest absolute Gasteiger partial charge is 0.259 e. The number of hydrogen-bond acceptors (Lipinski definition) is 7. The zero-order chi connectivity index (χ0) is 32.2. The molecular formula is C37H34FN5O4. The molecule has 0 spiro atoms. The highest BCUT2D eigenvalue weighted by molar-refractivity contribution is 6.07. The molecule has 1 fully saturated rings. The SMILES string of the molecule is CN(CCc1ccccn1)C(=O)c1cn2c3c(c(NCCC4CCCN4C)c(F)cc3c1=O)Oc1cc3c(cc1-2)oc1ccccc13. The number of ether oxygens (including phenoxy) is 1. The van der Waals surface area contributed by atoms with Crippen LogP contribution in [0.3, 0.4) is 0 Å². The van der Waals surface area contributed by atoms with E-state index in [0.717, 1.165) is 47.9 Å². The molecule has 0 radical (unpaired) electrons. The van der Waals surface area contributed by atoms with Crippen molar-refractivity contribution >= 4 is 44.4 Å². The lowest BCUT2D eigenvalue weighted by Crippen LogP contribution is -2.33. The molecule has 2 aliphatic heterocycles. The van der Waals surface area contributed by atoms with Crippen LogP contribution in [0, 0.1) is 5.82 Å². The van der Waals surface area contributed by atoms with Gasteiger partial charge in [-0.1, -0.05) is 24.3 Å².